The molecule has 2 rings (SSSR count). The molecule has 1 fully saturated rings. The molecule has 1 aromatic rings. The van der Waals surface area contributed by atoms with Crippen LogP contribution in [-0.2, 0) is 9.53 Å². The van der Waals surface area contributed by atoms with Gasteiger partial charge in [-0.3, -0.25) is 9.69 Å². The molecule has 1 saturated heterocycles. The van der Waals surface area contributed by atoms with Crippen LogP contribution < -0.4 is 10.1 Å². The summed E-state index contributed by atoms with van der Waals surface area (Å²) >= 11 is 11.8. The van der Waals surface area contributed by atoms with Crippen LogP contribution in [0.2, 0.25) is 10.0 Å². The third-order valence-electron chi connectivity index (χ3n) is 3.11. The van der Waals surface area contributed by atoms with Gasteiger partial charge in [-0.25, -0.2) is 0 Å². The van der Waals surface area contributed by atoms with E-state index in [9.17, 15) is 4.79 Å². The predicted molar refractivity (Wildman–Crippen MR) is 82.2 cm³/mol. The minimum Gasteiger partial charge on any atom is -0.482 e. The SMILES string of the molecule is O=C(COc1cc(Cl)ccc1Cl)NCCN1CCOCC1. The number of hydrogen-bond acceptors (Lipinski definition) is 4. The summed E-state index contributed by atoms with van der Waals surface area (Å²) in [4.78, 5) is 13.9. The zero-order valence-electron chi connectivity index (χ0n) is 11.6. The van der Waals surface area contributed by atoms with Crippen LogP contribution in [0.5, 0.6) is 5.75 Å². The minimum atomic E-state index is -0.181. The molecule has 21 heavy (non-hydrogen) atoms. The second kappa shape index (κ2) is 8.44. The summed E-state index contributed by atoms with van der Waals surface area (Å²) in [6.07, 6.45) is 0. The smallest absolute Gasteiger partial charge is 0.257 e. The molecule has 1 amide bonds. The van der Waals surface area contributed by atoms with Gasteiger partial charge in [-0.05, 0) is 12.1 Å². The highest BCUT2D eigenvalue weighted by atomic mass is 35.5. The molecule has 5 nitrogen and oxygen atoms in total. The number of carbonyl (C=O) groups excluding carboxylic acids is 1. The Bertz CT molecular complexity index is 479. The summed E-state index contributed by atoms with van der Waals surface area (Å²) in [5.74, 6) is 0.229. The molecular formula is C14H18Cl2N2O3. The lowest BCUT2D eigenvalue weighted by Crippen LogP contribution is -2.42. The van der Waals surface area contributed by atoms with Crippen molar-refractivity contribution in [3.63, 3.8) is 0 Å². The van der Waals surface area contributed by atoms with Crippen LogP contribution in [0.25, 0.3) is 0 Å². The predicted octanol–water partition coefficient (Wildman–Crippen LogP) is 1.82. The summed E-state index contributed by atoms with van der Waals surface area (Å²) in [7, 11) is 0. The molecule has 1 N–H and O–H groups in total. The van der Waals surface area contributed by atoms with E-state index in [0.717, 1.165) is 32.8 Å². The third kappa shape index (κ3) is 5.71. The van der Waals surface area contributed by atoms with Crippen molar-refractivity contribution >= 4 is 29.1 Å². The van der Waals surface area contributed by atoms with Gasteiger partial charge in [0, 0.05) is 37.3 Å². The van der Waals surface area contributed by atoms with Gasteiger partial charge in [-0.1, -0.05) is 23.2 Å². The molecule has 7 heteroatoms. The largest absolute Gasteiger partial charge is 0.482 e. The highest BCUT2D eigenvalue weighted by molar-refractivity contribution is 6.34. The Morgan fingerprint density at radius 2 is 2.10 bits per heavy atom. The first-order valence-electron chi connectivity index (χ1n) is 6.80. The summed E-state index contributed by atoms with van der Waals surface area (Å²) in [6, 6.07) is 4.89. The van der Waals surface area contributed by atoms with Gasteiger partial charge >= 0.3 is 0 Å². The molecule has 1 aromatic carbocycles. The van der Waals surface area contributed by atoms with E-state index in [1.54, 1.807) is 18.2 Å². The van der Waals surface area contributed by atoms with Crippen molar-refractivity contribution in [3.8, 4) is 5.75 Å². The zero-order chi connectivity index (χ0) is 15.1. The van der Waals surface area contributed by atoms with Gasteiger partial charge in [0.1, 0.15) is 5.75 Å². The lowest BCUT2D eigenvalue weighted by atomic mass is 10.3. The van der Waals surface area contributed by atoms with Gasteiger partial charge in [0.15, 0.2) is 6.61 Å². The van der Waals surface area contributed by atoms with Crippen molar-refractivity contribution in [1.82, 2.24) is 10.2 Å². The molecule has 1 aliphatic rings. The molecule has 0 bridgehead atoms. The number of benzene rings is 1. The number of nitrogens with zero attached hydrogens (tertiary/aromatic N) is 1. The van der Waals surface area contributed by atoms with E-state index >= 15 is 0 Å². The molecule has 0 atom stereocenters. The number of morpholine rings is 1. The van der Waals surface area contributed by atoms with E-state index in [-0.39, 0.29) is 12.5 Å². The molecule has 116 valence electrons. The Labute approximate surface area is 134 Å². The molecule has 0 aromatic heterocycles. The highest BCUT2D eigenvalue weighted by Gasteiger charge is 2.11. The lowest BCUT2D eigenvalue weighted by Gasteiger charge is -2.26. The third-order valence-corrected chi connectivity index (χ3v) is 3.65. The standard InChI is InChI=1S/C14H18Cl2N2O3/c15-11-1-2-12(16)13(9-11)21-10-14(19)17-3-4-18-5-7-20-8-6-18/h1-2,9H,3-8,10H2,(H,17,19). The van der Waals surface area contributed by atoms with Crippen LogP contribution in [0, 0.1) is 0 Å². The summed E-state index contributed by atoms with van der Waals surface area (Å²) in [5, 5.41) is 3.76. The van der Waals surface area contributed by atoms with Crippen LogP contribution in [-0.4, -0.2) is 56.8 Å². The van der Waals surface area contributed by atoms with Crippen LogP contribution in [0.15, 0.2) is 18.2 Å². The first-order chi connectivity index (χ1) is 10.1. The van der Waals surface area contributed by atoms with E-state index in [4.69, 9.17) is 32.7 Å². The van der Waals surface area contributed by atoms with Gasteiger partial charge < -0.3 is 14.8 Å². The maximum absolute atomic E-state index is 11.7. The lowest BCUT2D eigenvalue weighted by molar-refractivity contribution is -0.123. The fraction of sp³-hybridized carbons (Fsp3) is 0.500. The first-order valence-corrected chi connectivity index (χ1v) is 7.55. The Balaban J connectivity index is 1.66. The number of hydrogen-bond donors (Lipinski definition) is 1. The van der Waals surface area contributed by atoms with E-state index in [2.05, 4.69) is 10.2 Å². The van der Waals surface area contributed by atoms with Crippen molar-refractivity contribution in [2.75, 3.05) is 46.0 Å². The van der Waals surface area contributed by atoms with Crippen molar-refractivity contribution in [2.45, 2.75) is 0 Å². The Morgan fingerprint density at radius 1 is 1.33 bits per heavy atom. The van der Waals surface area contributed by atoms with Gasteiger partial charge in [-0.15, -0.1) is 0 Å². The second-order valence-corrected chi connectivity index (χ2v) is 5.51. The van der Waals surface area contributed by atoms with E-state index in [0.29, 0.717) is 22.3 Å². The Hall–Kier alpha value is -1.01. The average molecular weight is 333 g/mol. The molecule has 1 heterocycles. The second-order valence-electron chi connectivity index (χ2n) is 4.67. The molecule has 0 unspecified atom stereocenters. The van der Waals surface area contributed by atoms with E-state index in [1.165, 1.54) is 0 Å². The summed E-state index contributed by atoms with van der Waals surface area (Å²) in [6.45, 7) is 4.64. The summed E-state index contributed by atoms with van der Waals surface area (Å²) in [5.41, 5.74) is 0. The number of halogens is 2. The maximum Gasteiger partial charge on any atom is 0.257 e. The molecule has 0 spiro atoms. The molecule has 0 aliphatic carbocycles. The van der Waals surface area contributed by atoms with Crippen LogP contribution in [0.1, 0.15) is 0 Å². The van der Waals surface area contributed by atoms with Crippen molar-refractivity contribution < 1.29 is 14.3 Å². The normalized spacial score (nSPS) is 15.7. The van der Waals surface area contributed by atoms with Crippen LogP contribution in [0.3, 0.4) is 0 Å². The Morgan fingerprint density at radius 3 is 2.86 bits per heavy atom. The van der Waals surface area contributed by atoms with Crippen LogP contribution >= 0.6 is 23.2 Å². The van der Waals surface area contributed by atoms with Gasteiger partial charge in [-0.2, -0.15) is 0 Å². The first kappa shape index (κ1) is 16.4. The van der Waals surface area contributed by atoms with E-state index in [1.807, 2.05) is 0 Å². The molecular weight excluding hydrogens is 315 g/mol. The zero-order valence-corrected chi connectivity index (χ0v) is 13.1. The van der Waals surface area contributed by atoms with Crippen LogP contribution in [0.4, 0.5) is 0 Å². The topological polar surface area (TPSA) is 50.8 Å². The Kier molecular flexibility index (Phi) is 6.57. The van der Waals surface area contributed by atoms with Gasteiger partial charge in [0.2, 0.25) is 0 Å². The average Bonchev–Trinajstić information content (AvgIpc) is 2.49. The number of amides is 1. The molecule has 0 radical (unpaired) electrons. The van der Waals surface area contributed by atoms with E-state index < -0.39 is 0 Å². The highest BCUT2D eigenvalue weighted by Crippen LogP contribution is 2.27. The monoisotopic (exact) mass is 332 g/mol. The van der Waals surface area contributed by atoms with Crippen molar-refractivity contribution in [2.24, 2.45) is 0 Å². The summed E-state index contributed by atoms with van der Waals surface area (Å²) < 4.78 is 10.6. The maximum atomic E-state index is 11.7. The number of carbonyl (C=O) groups is 1. The van der Waals surface area contributed by atoms with Gasteiger partial charge in [0.25, 0.3) is 5.91 Å². The quantitative estimate of drug-likeness (QED) is 0.863. The van der Waals surface area contributed by atoms with Crippen molar-refractivity contribution in [1.29, 1.82) is 0 Å². The fourth-order valence-corrected chi connectivity index (χ4v) is 2.29. The number of nitrogens with one attached hydrogen (secondary N) is 1. The molecule has 0 saturated carbocycles. The fourth-order valence-electron chi connectivity index (χ4n) is 1.96. The van der Waals surface area contributed by atoms with Gasteiger partial charge in [0.05, 0.1) is 18.2 Å². The molecule has 1 aliphatic heterocycles. The number of rotatable bonds is 6. The minimum absolute atomic E-state index is 0.0802. The van der Waals surface area contributed by atoms with Crippen molar-refractivity contribution in [3.05, 3.63) is 28.2 Å². The number of ether oxygens (including phenoxy) is 2.